The molecule has 0 aliphatic rings. The first kappa shape index (κ1) is 12.1. The Bertz CT molecular complexity index is 656. The SMILES string of the molecule is Oc1cccc(-c2ccc(-c3cccc(O)c3)[se]2)c1. The van der Waals surface area contributed by atoms with Gasteiger partial charge >= 0.3 is 117 Å². The van der Waals surface area contributed by atoms with E-state index in [4.69, 9.17) is 0 Å². The number of phenols is 2. The zero-order valence-electron chi connectivity index (χ0n) is 10.1. The summed E-state index contributed by atoms with van der Waals surface area (Å²) >= 11 is 0.196. The van der Waals surface area contributed by atoms with E-state index in [1.54, 1.807) is 24.3 Å². The quantitative estimate of drug-likeness (QED) is 0.711. The molecule has 0 radical (unpaired) electrons. The number of rotatable bonds is 2. The average Bonchev–Trinajstić information content (AvgIpc) is 2.88. The van der Waals surface area contributed by atoms with Crippen LogP contribution in [0.25, 0.3) is 20.0 Å². The van der Waals surface area contributed by atoms with E-state index in [1.165, 1.54) is 8.87 Å². The number of phenolic OH excluding ortho intramolecular Hbond substituents is 2. The fourth-order valence-electron chi connectivity index (χ4n) is 1.97. The van der Waals surface area contributed by atoms with Crippen LogP contribution in [0.4, 0.5) is 0 Å². The molecule has 2 nitrogen and oxygen atoms in total. The number of hydrogen-bond acceptors (Lipinski definition) is 2. The molecule has 0 atom stereocenters. The third-order valence-corrected chi connectivity index (χ3v) is 5.35. The Morgan fingerprint density at radius 3 is 1.53 bits per heavy atom. The van der Waals surface area contributed by atoms with E-state index in [0.717, 1.165) is 11.1 Å². The molecule has 3 heteroatoms. The molecular weight excluding hydrogens is 303 g/mol. The molecule has 2 N–H and O–H groups in total. The Labute approximate surface area is 117 Å². The van der Waals surface area contributed by atoms with Gasteiger partial charge in [0.2, 0.25) is 0 Å². The van der Waals surface area contributed by atoms with Crippen LogP contribution in [-0.2, 0) is 0 Å². The van der Waals surface area contributed by atoms with Crippen LogP contribution < -0.4 is 0 Å². The first-order valence-electron chi connectivity index (χ1n) is 5.91. The second-order valence-corrected chi connectivity index (χ2v) is 6.54. The van der Waals surface area contributed by atoms with Crippen LogP contribution in [0.1, 0.15) is 0 Å². The molecule has 0 aliphatic carbocycles. The van der Waals surface area contributed by atoms with Gasteiger partial charge in [0.15, 0.2) is 0 Å². The monoisotopic (exact) mass is 316 g/mol. The predicted octanol–water partition coefficient (Wildman–Crippen LogP) is 3.49. The normalized spacial score (nSPS) is 10.5. The van der Waals surface area contributed by atoms with Gasteiger partial charge in [-0.05, 0) is 0 Å². The molecule has 0 saturated carbocycles. The molecule has 0 aliphatic heterocycles. The van der Waals surface area contributed by atoms with Gasteiger partial charge in [-0.2, -0.15) is 0 Å². The van der Waals surface area contributed by atoms with Crippen LogP contribution in [0.15, 0.2) is 60.7 Å². The molecule has 94 valence electrons. The van der Waals surface area contributed by atoms with E-state index in [0.29, 0.717) is 11.5 Å². The topological polar surface area (TPSA) is 40.5 Å². The second kappa shape index (κ2) is 4.96. The summed E-state index contributed by atoms with van der Waals surface area (Å²) in [5.41, 5.74) is 2.12. The summed E-state index contributed by atoms with van der Waals surface area (Å²) in [6.45, 7) is 0. The Morgan fingerprint density at radius 1 is 0.632 bits per heavy atom. The van der Waals surface area contributed by atoms with E-state index >= 15 is 0 Å². The molecule has 0 spiro atoms. The van der Waals surface area contributed by atoms with Gasteiger partial charge in [0.05, 0.1) is 0 Å². The average molecular weight is 315 g/mol. The Kier molecular flexibility index (Phi) is 3.16. The van der Waals surface area contributed by atoms with Gasteiger partial charge in [-0.25, -0.2) is 0 Å². The molecule has 1 aromatic heterocycles. The molecule has 1 heterocycles. The van der Waals surface area contributed by atoms with Crippen molar-refractivity contribution < 1.29 is 10.2 Å². The summed E-state index contributed by atoms with van der Waals surface area (Å²) in [6.07, 6.45) is 0. The van der Waals surface area contributed by atoms with Crippen molar-refractivity contribution in [2.75, 3.05) is 0 Å². The van der Waals surface area contributed by atoms with Crippen LogP contribution in [-0.4, -0.2) is 24.7 Å². The summed E-state index contributed by atoms with van der Waals surface area (Å²) < 4.78 is 2.48. The van der Waals surface area contributed by atoms with Gasteiger partial charge in [-0.15, -0.1) is 0 Å². The number of benzene rings is 2. The maximum absolute atomic E-state index is 9.52. The number of aromatic hydroxyl groups is 2. The molecule has 0 unspecified atom stereocenters. The van der Waals surface area contributed by atoms with E-state index < -0.39 is 0 Å². The second-order valence-electron chi connectivity index (χ2n) is 4.26. The fraction of sp³-hybridized carbons (Fsp3) is 0. The van der Waals surface area contributed by atoms with Crippen molar-refractivity contribution in [2.45, 2.75) is 0 Å². The van der Waals surface area contributed by atoms with Gasteiger partial charge < -0.3 is 0 Å². The van der Waals surface area contributed by atoms with Crippen molar-refractivity contribution in [3.8, 4) is 31.5 Å². The van der Waals surface area contributed by atoms with Gasteiger partial charge in [0.25, 0.3) is 0 Å². The van der Waals surface area contributed by atoms with Crippen molar-refractivity contribution in [2.24, 2.45) is 0 Å². The van der Waals surface area contributed by atoms with Gasteiger partial charge in [0, 0.05) is 0 Å². The van der Waals surface area contributed by atoms with Crippen molar-refractivity contribution >= 4 is 14.5 Å². The summed E-state index contributed by atoms with van der Waals surface area (Å²) in [6, 6.07) is 18.8. The van der Waals surface area contributed by atoms with Crippen LogP contribution in [0.5, 0.6) is 11.5 Å². The molecule has 3 rings (SSSR count). The summed E-state index contributed by atoms with van der Waals surface area (Å²) in [4.78, 5) is 0. The number of hydrogen-bond donors (Lipinski definition) is 2. The first-order chi connectivity index (χ1) is 9.22. The minimum absolute atomic E-state index is 0.196. The zero-order chi connectivity index (χ0) is 13.2. The van der Waals surface area contributed by atoms with Gasteiger partial charge in [0.1, 0.15) is 0 Å². The molecule has 3 aromatic rings. The Balaban J connectivity index is 2.00. The van der Waals surface area contributed by atoms with Crippen LogP contribution in [0.2, 0.25) is 0 Å². The summed E-state index contributed by atoms with van der Waals surface area (Å²) in [5, 5.41) is 19.0. The molecule has 2 aromatic carbocycles. The Hall–Kier alpha value is -1.96. The molecule has 19 heavy (non-hydrogen) atoms. The van der Waals surface area contributed by atoms with E-state index in [-0.39, 0.29) is 14.5 Å². The molecule has 0 saturated heterocycles. The van der Waals surface area contributed by atoms with E-state index in [1.807, 2.05) is 24.3 Å². The molecular formula is C16H12O2Se. The van der Waals surface area contributed by atoms with Crippen LogP contribution in [0, 0.1) is 0 Å². The standard InChI is InChI=1S/C16H12O2Se/c17-13-5-1-3-11(9-13)15-7-8-16(19-15)12-4-2-6-14(18)10-12/h1-10,17-18H. The summed E-state index contributed by atoms with van der Waals surface area (Å²) in [5.74, 6) is 0.583. The minimum atomic E-state index is 0.196. The predicted molar refractivity (Wildman–Crippen MR) is 77.6 cm³/mol. The third-order valence-electron chi connectivity index (χ3n) is 2.87. The summed E-state index contributed by atoms with van der Waals surface area (Å²) in [7, 11) is 0. The van der Waals surface area contributed by atoms with E-state index in [2.05, 4.69) is 12.1 Å². The molecule has 0 amide bonds. The fourth-order valence-corrected chi connectivity index (χ4v) is 4.06. The van der Waals surface area contributed by atoms with Crippen molar-refractivity contribution in [3.05, 3.63) is 60.7 Å². The van der Waals surface area contributed by atoms with E-state index in [9.17, 15) is 10.2 Å². The maximum atomic E-state index is 9.52. The molecule has 0 bridgehead atoms. The van der Waals surface area contributed by atoms with Crippen LogP contribution in [0.3, 0.4) is 0 Å². The Morgan fingerprint density at radius 2 is 1.11 bits per heavy atom. The van der Waals surface area contributed by atoms with Gasteiger partial charge in [-0.1, -0.05) is 0 Å². The first-order valence-corrected chi connectivity index (χ1v) is 7.62. The van der Waals surface area contributed by atoms with Crippen LogP contribution >= 0.6 is 0 Å². The van der Waals surface area contributed by atoms with Crippen molar-refractivity contribution in [1.29, 1.82) is 0 Å². The van der Waals surface area contributed by atoms with Gasteiger partial charge in [-0.3, -0.25) is 0 Å². The zero-order valence-corrected chi connectivity index (χ0v) is 11.8. The molecule has 0 fully saturated rings. The van der Waals surface area contributed by atoms with Crippen molar-refractivity contribution in [3.63, 3.8) is 0 Å². The third kappa shape index (κ3) is 2.57. The van der Waals surface area contributed by atoms with Crippen molar-refractivity contribution in [1.82, 2.24) is 0 Å².